The Morgan fingerprint density at radius 1 is 1.06 bits per heavy atom. The predicted octanol–water partition coefficient (Wildman–Crippen LogP) is 4.45. The highest BCUT2D eigenvalue weighted by Gasteiger charge is 2.05. The molecule has 0 fully saturated rings. The van der Waals surface area contributed by atoms with Crippen LogP contribution in [-0.2, 0) is 0 Å². The summed E-state index contributed by atoms with van der Waals surface area (Å²) >= 11 is 0. The van der Waals surface area contributed by atoms with Crippen LogP contribution in [0.5, 0.6) is 0 Å². The van der Waals surface area contributed by atoms with Gasteiger partial charge >= 0.3 is 0 Å². The van der Waals surface area contributed by atoms with Crippen LogP contribution in [0.15, 0.2) is 12.2 Å². The molecular formula is C14H24N2. The third-order valence-electron chi connectivity index (χ3n) is 2.00. The summed E-state index contributed by atoms with van der Waals surface area (Å²) in [5, 5.41) is 0. The third-order valence-corrected chi connectivity index (χ3v) is 2.00. The SMILES string of the molecule is CC.CC.Cc1nc2c([nH]1)C=CC(C)C=C2. The molecule has 1 N–H and O–H groups in total. The Kier molecular flexibility index (Phi) is 7.27. The molecule has 2 nitrogen and oxygen atoms in total. The summed E-state index contributed by atoms with van der Waals surface area (Å²) in [6.07, 6.45) is 8.49. The number of aromatic nitrogens is 2. The number of nitrogens with zero attached hydrogens (tertiary/aromatic N) is 1. The fourth-order valence-electron chi connectivity index (χ4n) is 1.34. The molecule has 2 rings (SSSR count). The summed E-state index contributed by atoms with van der Waals surface area (Å²) in [6.45, 7) is 12.1. The van der Waals surface area contributed by atoms with Crippen molar-refractivity contribution < 1.29 is 0 Å². The lowest BCUT2D eigenvalue weighted by Gasteiger charge is -1.91. The fourth-order valence-corrected chi connectivity index (χ4v) is 1.34. The Labute approximate surface area is 99.5 Å². The number of hydrogen-bond acceptors (Lipinski definition) is 1. The first-order chi connectivity index (χ1) is 7.75. The van der Waals surface area contributed by atoms with Crippen LogP contribution in [-0.4, -0.2) is 9.97 Å². The van der Waals surface area contributed by atoms with Crippen LogP contribution in [0.3, 0.4) is 0 Å². The molecule has 16 heavy (non-hydrogen) atoms. The van der Waals surface area contributed by atoms with E-state index < -0.39 is 0 Å². The van der Waals surface area contributed by atoms with E-state index in [0.29, 0.717) is 5.92 Å². The lowest BCUT2D eigenvalue weighted by Crippen LogP contribution is -1.79. The maximum Gasteiger partial charge on any atom is 0.104 e. The smallest absolute Gasteiger partial charge is 0.104 e. The largest absolute Gasteiger partial charge is 0.342 e. The van der Waals surface area contributed by atoms with E-state index in [9.17, 15) is 0 Å². The molecule has 0 radical (unpaired) electrons. The van der Waals surface area contributed by atoms with Crippen molar-refractivity contribution in [3.05, 3.63) is 29.4 Å². The lowest BCUT2D eigenvalue weighted by atomic mass is 10.2. The quantitative estimate of drug-likeness (QED) is 0.687. The van der Waals surface area contributed by atoms with Crippen molar-refractivity contribution in [2.75, 3.05) is 0 Å². The van der Waals surface area contributed by atoms with E-state index in [4.69, 9.17) is 0 Å². The number of H-pyrrole nitrogens is 1. The number of rotatable bonds is 0. The lowest BCUT2D eigenvalue weighted by molar-refractivity contribution is 0.952. The molecule has 1 atom stereocenters. The normalized spacial score (nSPS) is 12.9. The van der Waals surface area contributed by atoms with Crippen molar-refractivity contribution >= 4 is 12.2 Å². The molecule has 0 amide bonds. The van der Waals surface area contributed by atoms with Gasteiger partial charge in [-0.15, -0.1) is 0 Å². The third kappa shape index (κ3) is 4.05. The number of nitrogens with one attached hydrogen (secondary N) is 1. The Bertz CT molecular complexity index is 314. The maximum absolute atomic E-state index is 4.35. The van der Waals surface area contributed by atoms with Crippen LogP contribution in [0.1, 0.15) is 51.8 Å². The average Bonchev–Trinajstić information content (AvgIpc) is 2.61. The van der Waals surface area contributed by atoms with Crippen molar-refractivity contribution in [3.8, 4) is 0 Å². The average molecular weight is 220 g/mol. The zero-order valence-electron chi connectivity index (χ0n) is 11.3. The Morgan fingerprint density at radius 3 is 2.25 bits per heavy atom. The molecule has 0 spiro atoms. The van der Waals surface area contributed by atoms with Crippen LogP contribution in [0.25, 0.3) is 12.2 Å². The maximum atomic E-state index is 4.35. The van der Waals surface area contributed by atoms with Gasteiger partial charge in [0.05, 0.1) is 11.4 Å². The highest BCUT2D eigenvalue weighted by atomic mass is 14.9. The molecule has 0 aliphatic heterocycles. The van der Waals surface area contributed by atoms with Crippen molar-refractivity contribution in [2.45, 2.75) is 41.5 Å². The zero-order chi connectivity index (χ0) is 12.6. The first-order valence-corrected chi connectivity index (χ1v) is 6.19. The Morgan fingerprint density at radius 2 is 1.62 bits per heavy atom. The number of imidazole rings is 1. The molecule has 1 unspecified atom stereocenters. The van der Waals surface area contributed by atoms with Gasteiger partial charge in [0.2, 0.25) is 0 Å². The highest BCUT2D eigenvalue weighted by Crippen LogP contribution is 2.16. The number of aromatic amines is 1. The summed E-state index contributed by atoms with van der Waals surface area (Å²) in [6, 6.07) is 0. The monoisotopic (exact) mass is 220 g/mol. The Balaban J connectivity index is 0.000000509. The number of allylic oxidation sites excluding steroid dienone is 2. The van der Waals surface area contributed by atoms with Gasteiger partial charge in [0.15, 0.2) is 0 Å². The van der Waals surface area contributed by atoms with Gasteiger partial charge in [-0.1, -0.05) is 46.8 Å². The molecule has 2 heteroatoms. The molecule has 0 aromatic carbocycles. The highest BCUT2D eigenvalue weighted by molar-refractivity contribution is 5.62. The van der Waals surface area contributed by atoms with Crippen LogP contribution in [0, 0.1) is 12.8 Å². The van der Waals surface area contributed by atoms with E-state index in [2.05, 4.69) is 41.2 Å². The van der Waals surface area contributed by atoms with Crippen molar-refractivity contribution in [1.29, 1.82) is 0 Å². The predicted molar refractivity (Wildman–Crippen MR) is 73.3 cm³/mol. The molecule has 0 saturated carbocycles. The van der Waals surface area contributed by atoms with Gasteiger partial charge in [0, 0.05) is 0 Å². The molecule has 1 aromatic heterocycles. The number of hydrogen-bond donors (Lipinski definition) is 1. The molecular weight excluding hydrogens is 196 g/mol. The van der Waals surface area contributed by atoms with E-state index in [1.165, 1.54) is 0 Å². The van der Waals surface area contributed by atoms with E-state index in [1.54, 1.807) is 0 Å². The van der Waals surface area contributed by atoms with Crippen LogP contribution < -0.4 is 0 Å². The van der Waals surface area contributed by atoms with Crippen molar-refractivity contribution in [3.63, 3.8) is 0 Å². The van der Waals surface area contributed by atoms with E-state index in [1.807, 2.05) is 34.6 Å². The molecule has 1 aliphatic rings. The van der Waals surface area contributed by atoms with Crippen LogP contribution >= 0.6 is 0 Å². The second-order valence-corrected chi connectivity index (χ2v) is 3.20. The minimum absolute atomic E-state index is 0.507. The van der Waals surface area contributed by atoms with Crippen LogP contribution in [0.2, 0.25) is 0 Å². The Hall–Kier alpha value is -1.31. The van der Waals surface area contributed by atoms with Gasteiger partial charge in [-0.2, -0.15) is 0 Å². The molecule has 0 bridgehead atoms. The summed E-state index contributed by atoms with van der Waals surface area (Å²) in [5.41, 5.74) is 2.17. The number of fused-ring (bicyclic) bond motifs is 1. The van der Waals surface area contributed by atoms with Gasteiger partial charge < -0.3 is 4.98 Å². The zero-order valence-corrected chi connectivity index (χ0v) is 11.3. The molecule has 1 aliphatic carbocycles. The molecule has 1 aromatic rings. The topological polar surface area (TPSA) is 28.7 Å². The summed E-state index contributed by atoms with van der Waals surface area (Å²) in [4.78, 5) is 7.56. The number of aryl methyl sites for hydroxylation is 1. The van der Waals surface area contributed by atoms with Crippen molar-refractivity contribution in [1.82, 2.24) is 9.97 Å². The minimum atomic E-state index is 0.507. The van der Waals surface area contributed by atoms with E-state index in [-0.39, 0.29) is 0 Å². The second kappa shape index (κ2) is 7.91. The standard InChI is InChI=1S/C10H12N2.2C2H6/c1-7-3-5-9-10(6-4-7)12-8(2)11-9;2*1-2/h3-7H,1-2H3,(H,11,12);2*1-2H3. The van der Waals surface area contributed by atoms with E-state index >= 15 is 0 Å². The van der Waals surface area contributed by atoms with Crippen molar-refractivity contribution in [2.24, 2.45) is 5.92 Å². The summed E-state index contributed by atoms with van der Waals surface area (Å²) in [7, 11) is 0. The molecule has 0 saturated heterocycles. The summed E-state index contributed by atoms with van der Waals surface area (Å²) < 4.78 is 0. The summed E-state index contributed by atoms with van der Waals surface area (Å²) in [5.74, 6) is 1.48. The van der Waals surface area contributed by atoms with Gasteiger partial charge in [-0.3, -0.25) is 0 Å². The fraction of sp³-hybridized carbons (Fsp3) is 0.500. The van der Waals surface area contributed by atoms with Gasteiger partial charge in [-0.05, 0) is 25.0 Å². The van der Waals surface area contributed by atoms with Gasteiger partial charge in [-0.25, -0.2) is 4.98 Å². The van der Waals surface area contributed by atoms with Gasteiger partial charge in [0.25, 0.3) is 0 Å². The molecule has 90 valence electrons. The first kappa shape index (κ1) is 14.7. The second-order valence-electron chi connectivity index (χ2n) is 3.20. The first-order valence-electron chi connectivity index (χ1n) is 6.19. The van der Waals surface area contributed by atoms with E-state index in [0.717, 1.165) is 17.2 Å². The van der Waals surface area contributed by atoms with Gasteiger partial charge in [0.1, 0.15) is 5.82 Å². The minimum Gasteiger partial charge on any atom is -0.342 e. The molecule has 1 heterocycles. The van der Waals surface area contributed by atoms with Crippen LogP contribution in [0.4, 0.5) is 0 Å².